The summed E-state index contributed by atoms with van der Waals surface area (Å²) < 4.78 is 10.8. The van der Waals surface area contributed by atoms with Crippen molar-refractivity contribution in [1.82, 2.24) is 10.6 Å². The SMILES string of the molecule is COc1ccccc1[C@H](CNC(=O)NCc1cccs1)OC. The number of rotatable bonds is 7. The number of urea groups is 1. The highest BCUT2D eigenvalue weighted by Gasteiger charge is 2.16. The molecule has 0 aliphatic rings. The summed E-state index contributed by atoms with van der Waals surface area (Å²) in [5.41, 5.74) is 0.908. The van der Waals surface area contributed by atoms with Gasteiger partial charge in [-0.15, -0.1) is 11.3 Å². The molecule has 118 valence electrons. The molecule has 0 bridgehead atoms. The number of carbonyl (C=O) groups excluding carboxylic acids is 1. The fourth-order valence-corrected chi connectivity index (χ4v) is 2.73. The molecule has 0 spiro atoms. The largest absolute Gasteiger partial charge is 0.496 e. The van der Waals surface area contributed by atoms with Crippen LogP contribution in [0.3, 0.4) is 0 Å². The van der Waals surface area contributed by atoms with Gasteiger partial charge in [-0.25, -0.2) is 4.79 Å². The Morgan fingerprint density at radius 2 is 2.00 bits per heavy atom. The van der Waals surface area contributed by atoms with E-state index in [2.05, 4.69) is 10.6 Å². The molecule has 2 rings (SSSR count). The smallest absolute Gasteiger partial charge is 0.315 e. The first kappa shape index (κ1) is 16.3. The molecule has 1 aromatic carbocycles. The Hall–Kier alpha value is -2.05. The van der Waals surface area contributed by atoms with Gasteiger partial charge in [0.15, 0.2) is 0 Å². The molecular weight excluding hydrogens is 300 g/mol. The summed E-state index contributed by atoms with van der Waals surface area (Å²) in [6.07, 6.45) is -0.261. The summed E-state index contributed by atoms with van der Waals surface area (Å²) in [5.74, 6) is 0.746. The van der Waals surface area contributed by atoms with Crippen LogP contribution in [0.4, 0.5) is 4.79 Å². The van der Waals surface area contributed by atoms with Gasteiger partial charge in [-0.1, -0.05) is 24.3 Å². The molecule has 2 amide bonds. The topological polar surface area (TPSA) is 59.6 Å². The van der Waals surface area contributed by atoms with E-state index in [-0.39, 0.29) is 12.1 Å². The lowest BCUT2D eigenvalue weighted by molar-refractivity contribution is 0.101. The maximum atomic E-state index is 11.8. The van der Waals surface area contributed by atoms with E-state index < -0.39 is 0 Å². The highest BCUT2D eigenvalue weighted by Crippen LogP contribution is 2.26. The van der Waals surface area contributed by atoms with Crippen LogP contribution in [0.2, 0.25) is 0 Å². The van der Waals surface area contributed by atoms with Crippen molar-refractivity contribution in [2.75, 3.05) is 20.8 Å². The molecule has 1 heterocycles. The Bertz CT molecular complexity index is 587. The quantitative estimate of drug-likeness (QED) is 0.824. The number of carbonyl (C=O) groups is 1. The number of thiophene rings is 1. The lowest BCUT2D eigenvalue weighted by Gasteiger charge is -2.19. The minimum absolute atomic E-state index is 0.217. The first-order valence-corrected chi connectivity index (χ1v) is 7.82. The molecule has 2 aromatic rings. The van der Waals surface area contributed by atoms with Gasteiger partial charge in [-0.2, -0.15) is 0 Å². The van der Waals surface area contributed by atoms with E-state index >= 15 is 0 Å². The minimum Gasteiger partial charge on any atom is -0.496 e. The van der Waals surface area contributed by atoms with Crippen LogP contribution < -0.4 is 15.4 Å². The van der Waals surface area contributed by atoms with Crippen LogP contribution in [-0.2, 0) is 11.3 Å². The zero-order valence-corrected chi connectivity index (χ0v) is 13.5. The van der Waals surface area contributed by atoms with E-state index in [1.165, 1.54) is 0 Å². The van der Waals surface area contributed by atoms with Crippen molar-refractivity contribution < 1.29 is 14.3 Å². The second-order valence-electron chi connectivity index (χ2n) is 4.61. The Balaban J connectivity index is 1.86. The zero-order chi connectivity index (χ0) is 15.8. The summed E-state index contributed by atoms with van der Waals surface area (Å²) >= 11 is 1.61. The third-order valence-electron chi connectivity index (χ3n) is 3.22. The molecule has 0 unspecified atom stereocenters. The second-order valence-corrected chi connectivity index (χ2v) is 5.64. The molecule has 0 saturated carbocycles. The summed E-state index contributed by atoms with van der Waals surface area (Å²) in [4.78, 5) is 13.0. The van der Waals surface area contributed by atoms with E-state index in [0.717, 1.165) is 16.2 Å². The van der Waals surface area contributed by atoms with Gasteiger partial charge < -0.3 is 20.1 Å². The first-order chi connectivity index (χ1) is 10.7. The van der Waals surface area contributed by atoms with Crippen LogP contribution in [0.15, 0.2) is 41.8 Å². The van der Waals surface area contributed by atoms with Crippen molar-refractivity contribution in [3.05, 3.63) is 52.2 Å². The molecule has 22 heavy (non-hydrogen) atoms. The Kier molecular flexibility index (Phi) is 6.24. The van der Waals surface area contributed by atoms with Gasteiger partial charge >= 0.3 is 6.03 Å². The average molecular weight is 320 g/mol. The Labute approximate surface area is 134 Å². The molecule has 0 fully saturated rings. The fraction of sp³-hybridized carbons (Fsp3) is 0.312. The third-order valence-corrected chi connectivity index (χ3v) is 4.10. The molecule has 0 radical (unpaired) electrons. The van der Waals surface area contributed by atoms with Crippen LogP contribution in [0.5, 0.6) is 5.75 Å². The van der Waals surface area contributed by atoms with Gasteiger partial charge in [-0.3, -0.25) is 0 Å². The highest BCUT2D eigenvalue weighted by atomic mass is 32.1. The molecule has 1 aromatic heterocycles. The van der Waals surface area contributed by atoms with Crippen LogP contribution in [0, 0.1) is 0 Å². The Morgan fingerprint density at radius 1 is 1.18 bits per heavy atom. The standard InChI is InChI=1S/C16H20N2O3S/c1-20-14-8-4-3-7-13(14)15(21-2)11-18-16(19)17-10-12-6-5-9-22-12/h3-9,15H,10-11H2,1-2H3,(H2,17,18,19)/t15-/m0/s1. The normalized spacial score (nSPS) is 11.7. The second kappa shape index (κ2) is 8.41. The van der Waals surface area contributed by atoms with Crippen molar-refractivity contribution in [2.45, 2.75) is 12.6 Å². The molecule has 0 saturated heterocycles. The van der Waals surface area contributed by atoms with Crippen molar-refractivity contribution in [3.8, 4) is 5.75 Å². The number of hydrogen-bond acceptors (Lipinski definition) is 4. The van der Waals surface area contributed by atoms with Crippen molar-refractivity contribution >= 4 is 17.4 Å². The summed E-state index contributed by atoms with van der Waals surface area (Å²) in [6.45, 7) is 0.892. The van der Waals surface area contributed by atoms with Crippen molar-refractivity contribution in [1.29, 1.82) is 0 Å². The first-order valence-electron chi connectivity index (χ1n) is 6.94. The van der Waals surface area contributed by atoms with Gasteiger partial charge in [0, 0.05) is 24.1 Å². The zero-order valence-electron chi connectivity index (χ0n) is 12.7. The van der Waals surface area contributed by atoms with Crippen LogP contribution in [0.1, 0.15) is 16.5 Å². The number of nitrogens with one attached hydrogen (secondary N) is 2. The lowest BCUT2D eigenvalue weighted by Crippen LogP contribution is -2.37. The number of ether oxygens (including phenoxy) is 2. The maximum absolute atomic E-state index is 11.8. The predicted molar refractivity (Wildman–Crippen MR) is 87.3 cm³/mol. The van der Waals surface area contributed by atoms with E-state index in [4.69, 9.17) is 9.47 Å². The molecular formula is C16H20N2O3S. The predicted octanol–water partition coefficient (Wildman–Crippen LogP) is 2.94. The number of amides is 2. The summed E-state index contributed by atoms with van der Waals surface area (Å²) in [5, 5.41) is 7.62. The van der Waals surface area contributed by atoms with Gasteiger partial charge in [0.05, 0.1) is 13.7 Å². The van der Waals surface area contributed by atoms with Gasteiger partial charge in [0.2, 0.25) is 0 Å². The third kappa shape index (κ3) is 4.47. The van der Waals surface area contributed by atoms with Gasteiger partial charge in [0.25, 0.3) is 0 Å². The monoisotopic (exact) mass is 320 g/mol. The summed E-state index contributed by atoms with van der Waals surface area (Å²) in [6, 6.07) is 11.3. The Morgan fingerprint density at radius 3 is 2.68 bits per heavy atom. The molecule has 5 nitrogen and oxygen atoms in total. The molecule has 1 atom stereocenters. The van der Waals surface area contributed by atoms with E-state index in [0.29, 0.717) is 13.1 Å². The summed E-state index contributed by atoms with van der Waals surface area (Å²) in [7, 11) is 3.23. The van der Waals surface area contributed by atoms with E-state index in [9.17, 15) is 4.79 Å². The molecule has 6 heteroatoms. The molecule has 0 aliphatic carbocycles. The van der Waals surface area contributed by atoms with Crippen LogP contribution in [0.25, 0.3) is 0 Å². The average Bonchev–Trinajstić information content (AvgIpc) is 3.07. The van der Waals surface area contributed by atoms with Gasteiger partial charge in [0.1, 0.15) is 11.9 Å². The lowest BCUT2D eigenvalue weighted by atomic mass is 10.1. The number of methoxy groups -OCH3 is 2. The fourth-order valence-electron chi connectivity index (χ4n) is 2.08. The maximum Gasteiger partial charge on any atom is 0.315 e. The number of para-hydroxylation sites is 1. The molecule has 0 aliphatic heterocycles. The number of benzene rings is 1. The van der Waals surface area contributed by atoms with Crippen LogP contribution in [-0.4, -0.2) is 26.8 Å². The minimum atomic E-state index is -0.261. The van der Waals surface area contributed by atoms with Crippen molar-refractivity contribution in [3.63, 3.8) is 0 Å². The van der Waals surface area contributed by atoms with E-state index in [1.807, 2.05) is 41.8 Å². The van der Waals surface area contributed by atoms with E-state index in [1.54, 1.807) is 25.6 Å². The van der Waals surface area contributed by atoms with Gasteiger partial charge in [-0.05, 0) is 17.5 Å². The van der Waals surface area contributed by atoms with Crippen LogP contribution >= 0.6 is 11.3 Å². The van der Waals surface area contributed by atoms with Crippen molar-refractivity contribution in [2.24, 2.45) is 0 Å². The molecule has 2 N–H and O–H groups in total. The number of hydrogen-bond donors (Lipinski definition) is 2. The highest BCUT2D eigenvalue weighted by molar-refractivity contribution is 7.09.